The molecule has 0 aliphatic carbocycles. The summed E-state index contributed by atoms with van der Waals surface area (Å²) in [5.41, 5.74) is 1.47. The molecule has 0 saturated heterocycles. The molecule has 1 heterocycles. The minimum atomic E-state index is -1.10. The molecule has 0 radical (unpaired) electrons. The van der Waals surface area contributed by atoms with Crippen LogP contribution in [-0.2, 0) is 18.3 Å². The van der Waals surface area contributed by atoms with Crippen molar-refractivity contribution in [3.8, 4) is 0 Å². The Morgan fingerprint density at radius 2 is 2.18 bits per heavy atom. The molecular formula is C15H17ClFN3O2. The van der Waals surface area contributed by atoms with E-state index in [0.717, 1.165) is 0 Å². The van der Waals surface area contributed by atoms with Crippen LogP contribution in [0.1, 0.15) is 22.9 Å². The van der Waals surface area contributed by atoms with Crippen LogP contribution in [0.3, 0.4) is 0 Å². The molecule has 7 heteroatoms. The molecule has 1 unspecified atom stereocenters. The normalized spacial score (nSPS) is 12.2. The number of aryl methyl sites for hydroxylation is 2. The molecule has 0 fully saturated rings. The number of aliphatic hydroxyl groups is 1. The summed E-state index contributed by atoms with van der Waals surface area (Å²) in [4.78, 5) is 11.9. The molecule has 5 nitrogen and oxygen atoms in total. The van der Waals surface area contributed by atoms with Crippen molar-refractivity contribution < 1.29 is 14.3 Å². The highest BCUT2D eigenvalue weighted by molar-refractivity contribution is 6.30. The Morgan fingerprint density at radius 3 is 2.77 bits per heavy atom. The Hall–Kier alpha value is -1.92. The third kappa shape index (κ3) is 3.64. The van der Waals surface area contributed by atoms with E-state index in [-0.39, 0.29) is 24.4 Å². The van der Waals surface area contributed by atoms with E-state index in [1.807, 2.05) is 0 Å². The Labute approximate surface area is 132 Å². The maximum Gasteiger partial charge on any atom is 0.224 e. The lowest BCUT2D eigenvalue weighted by atomic mass is 10.1. The minimum absolute atomic E-state index is 0.0580. The molecule has 22 heavy (non-hydrogen) atoms. The SMILES string of the molecule is Cc1nn(C)c(Cl)c1CC(=O)NCC(O)c1ccccc1F. The average molecular weight is 326 g/mol. The summed E-state index contributed by atoms with van der Waals surface area (Å²) in [6.07, 6.45) is -1.04. The zero-order valence-electron chi connectivity index (χ0n) is 12.3. The molecule has 0 bridgehead atoms. The summed E-state index contributed by atoms with van der Waals surface area (Å²) < 4.78 is 15.0. The molecule has 0 spiro atoms. The van der Waals surface area contributed by atoms with Gasteiger partial charge >= 0.3 is 0 Å². The van der Waals surface area contributed by atoms with Crippen LogP contribution in [0.5, 0.6) is 0 Å². The average Bonchev–Trinajstić information content (AvgIpc) is 2.72. The molecule has 1 amide bonds. The van der Waals surface area contributed by atoms with Gasteiger partial charge in [-0.15, -0.1) is 0 Å². The fraction of sp³-hybridized carbons (Fsp3) is 0.333. The van der Waals surface area contributed by atoms with E-state index in [2.05, 4.69) is 10.4 Å². The number of rotatable bonds is 5. The highest BCUT2D eigenvalue weighted by Gasteiger charge is 2.17. The number of amides is 1. The first kappa shape index (κ1) is 16.5. The zero-order chi connectivity index (χ0) is 16.3. The Bertz CT molecular complexity index is 687. The summed E-state index contributed by atoms with van der Waals surface area (Å²) in [6.45, 7) is 1.69. The fourth-order valence-corrected chi connectivity index (χ4v) is 2.40. The van der Waals surface area contributed by atoms with Crippen LogP contribution in [0, 0.1) is 12.7 Å². The summed E-state index contributed by atoms with van der Waals surface area (Å²) in [5, 5.41) is 17.0. The van der Waals surface area contributed by atoms with Gasteiger partial charge in [-0.05, 0) is 13.0 Å². The van der Waals surface area contributed by atoms with E-state index in [4.69, 9.17) is 11.6 Å². The van der Waals surface area contributed by atoms with Crippen molar-refractivity contribution in [2.24, 2.45) is 7.05 Å². The van der Waals surface area contributed by atoms with E-state index in [0.29, 0.717) is 16.4 Å². The first-order valence-corrected chi connectivity index (χ1v) is 7.15. The molecule has 0 aliphatic rings. The highest BCUT2D eigenvalue weighted by Crippen LogP contribution is 2.19. The van der Waals surface area contributed by atoms with Gasteiger partial charge in [-0.1, -0.05) is 29.8 Å². The van der Waals surface area contributed by atoms with Gasteiger partial charge in [0.25, 0.3) is 0 Å². The van der Waals surface area contributed by atoms with Crippen molar-refractivity contribution in [1.29, 1.82) is 0 Å². The van der Waals surface area contributed by atoms with Crippen molar-refractivity contribution >= 4 is 17.5 Å². The Kier molecular flexibility index (Phi) is 5.15. The zero-order valence-corrected chi connectivity index (χ0v) is 13.1. The number of nitrogens with zero attached hydrogens (tertiary/aromatic N) is 2. The molecule has 118 valence electrons. The summed E-state index contributed by atoms with van der Waals surface area (Å²) in [6, 6.07) is 5.91. The molecule has 0 aliphatic heterocycles. The largest absolute Gasteiger partial charge is 0.386 e. The quantitative estimate of drug-likeness (QED) is 0.882. The molecule has 2 rings (SSSR count). The number of nitrogens with one attached hydrogen (secondary N) is 1. The van der Waals surface area contributed by atoms with Crippen LogP contribution < -0.4 is 5.32 Å². The van der Waals surface area contributed by atoms with Gasteiger partial charge in [0.1, 0.15) is 11.0 Å². The second-order valence-electron chi connectivity index (χ2n) is 5.00. The second kappa shape index (κ2) is 6.89. The number of aromatic nitrogens is 2. The maximum atomic E-state index is 13.5. The van der Waals surface area contributed by atoms with Crippen LogP contribution >= 0.6 is 11.6 Å². The lowest BCUT2D eigenvalue weighted by Gasteiger charge is -2.13. The lowest BCUT2D eigenvalue weighted by Crippen LogP contribution is -2.30. The van der Waals surface area contributed by atoms with E-state index in [1.54, 1.807) is 20.0 Å². The Balaban J connectivity index is 1.94. The van der Waals surface area contributed by atoms with Crippen molar-refractivity contribution in [2.75, 3.05) is 6.54 Å². The maximum absolute atomic E-state index is 13.5. The van der Waals surface area contributed by atoms with E-state index < -0.39 is 11.9 Å². The van der Waals surface area contributed by atoms with E-state index >= 15 is 0 Å². The van der Waals surface area contributed by atoms with Crippen molar-refractivity contribution in [3.05, 3.63) is 52.1 Å². The second-order valence-corrected chi connectivity index (χ2v) is 5.35. The van der Waals surface area contributed by atoms with Crippen molar-refractivity contribution in [1.82, 2.24) is 15.1 Å². The molecule has 1 aromatic carbocycles. The smallest absolute Gasteiger partial charge is 0.224 e. The standard InChI is InChI=1S/C15H17ClFN3O2/c1-9-11(15(16)20(2)19-9)7-14(22)18-8-13(21)10-5-3-4-6-12(10)17/h3-6,13,21H,7-8H2,1-2H3,(H,18,22). The van der Waals surface area contributed by atoms with Gasteiger partial charge < -0.3 is 10.4 Å². The number of carbonyl (C=O) groups is 1. The molecule has 0 saturated carbocycles. The van der Waals surface area contributed by atoms with Gasteiger partial charge in [0.05, 0.1) is 18.2 Å². The minimum Gasteiger partial charge on any atom is -0.386 e. The van der Waals surface area contributed by atoms with Gasteiger partial charge in [-0.2, -0.15) is 5.10 Å². The summed E-state index contributed by atoms with van der Waals surface area (Å²) in [7, 11) is 1.69. The van der Waals surface area contributed by atoms with Crippen LogP contribution in [0.15, 0.2) is 24.3 Å². The van der Waals surface area contributed by atoms with E-state index in [1.165, 1.54) is 22.9 Å². The van der Waals surface area contributed by atoms with Crippen molar-refractivity contribution in [2.45, 2.75) is 19.4 Å². The highest BCUT2D eigenvalue weighted by atomic mass is 35.5. The first-order chi connectivity index (χ1) is 10.4. The number of benzene rings is 1. The van der Waals surface area contributed by atoms with Crippen molar-refractivity contribution in [3.63, 3.8) is 0 Å². The van der Waals surface area contributed by atoms with E-state index in [9.17, 15) is 14.3 Å². The monoisotopic (exact) mass is 325 g/mol. The first-order valence-electron chi connectivity index (χ1n) is 6.77. The lowest BCUT2D eigenvalue weighted by molar-refractivity contribution is -0.120. The van der Waals surface area contributed by atoms with Crippen LogP contribution in [0.25, 0.3) is 0 Å². The third-order valence-electron chi connectivity index (χ3n) is 3.36. The van der Waals surface area contributed by atoms with Gasteiger partial charge in [-0.3, -0.25) is 9.48 Å². The van der Waals surface area contributed by atoms with Crippen LogP contribution in [0.2, 0.25) is 5.15 Å². The van der Waals surface area contributed by atoms with Gasteiger partial charge in [-0.25, -0.2) is 4.39 Å². The molecule has 1 atom stereocenters. The topological polar surface area (TPSA) is 67.2 Å². The predicted molar refractivity (Wildman–Crippen MR) is 81.0 cm³/mol. The summed E-state index contributed by atoms with van der Waals surface area (Å²) in [5.74, 6) is -0.816. The molecular weight excluding hydrogens is 309 g/mol. The number of hydrogen-bond donors (Lipinski definition) is 2. The molecule has 1 aromatic heterocycles. The molecule has 2 N–H and O–H groups in total. The van der Waals surface area contributed by atoms with Gasteiger partial charge in [0.2, 0.25) is 5.91 Å². The van der Waals surface area contributed by atoms with Gasteiger partial charge in [0, 0.05) is 24.7 Å². The number of halogens is 2. The molecule has 2 aromatic rings. The van der Waals surface area contributed by atoms with Crippen LogP contribution in [0.4, 0.5) is 4.39 Å². The van der Waals surface area contributed by atoms with Crippen LogP contribution in [-0.4, -0.2) is 27.3 Å². The Morgan fingerprint density at radius 1 is 1.50 bits per heavy atom. The van der Waals surface area contributed by atoms with Gasteiger partial charge in [0.15, 0.2) is 0 Å². The number of aliphatic hydroxyl groups excluding tert-OH is 1. The third-order valence-corrected chi connectivity index (χ3v) is 3.84. The predicted octanol–water partition coefficient (Wildman–Crippen LogP) is 1.91. The number of hydrogen-bond acceptors (Lipinski definition) is 3. The fourth-order valence-electron chi connectivity index (χ4n) is 2.16. The summed E-state index contributed by atoms with van der Waals surface area (Å²) >= 11 is 6.06. The number of carbonyl (C=O) groups excluding carboxylic acids is 1.